The molecular formula is C114H141N13O4. The smallest absolute Gasteiger partial charge is 0.181 e. The molecular weight excluding hydrogens is 1620 g/mol. The van der Waals surface area contributed by atoms with Crippen LogP contribution in [0.25, 0.3) is 87.9 Å². The summed E-state index contributed by atoms with van der Waals surface area (Å²) in [4.78, 5) is 11.8. The molecule has 20 rings (SSSR count). The van der Waals surface area contributed by atoms with E-state index < -0.39 is 0 Å². The summed E-state index contributed by atoms with van der Waals surface area (Å²) in [6, 6.07) is 74.8. The van der Waals surface area contributed by atoms with Crippen LogP contribution < -0.4 is 0 Å². The Kier molecular flexibility index (Phi) is 30.3. The number of hydrogen-bond acceptors (Lipinski definition) is 11. The van der Waals surface area contributed by atoms with Crippen molar-refractivity contribution in [3.05, 3.63) is 344 Å². The number of furan rings is 1. The van der Waals surface area contributed by atoms with Crippen LogP contribution in [-0.4, -0.2) is 63.1 Å². The quantitative estimate of drug-likeness (QED) is 0.165. The number of para-hydroxylation sites is 2. The zero-order valence-corrected chi connectivity index (χ0v) is 83.4. The number of benzene rings is 6. The van der Waals surface area contributed by atoms with Gasteiger partial charge in [-0.1, -0.05) is 309 Å². The molecule has 0 saturated heterocycles. The average molecular weight is 1760 g/mol. The molecule has 0 aliphatic carbocycles. The highest BCUT2D eigenvalue weighted by Crippen LogP contribution is 2.35. The van der Waals surface area contributed by atoms with E-state index in [1.165, 1.54) is 83.5 Å². The molecule has 0 saturated carbocycles. The molecule has 0 unspecified atom stereocenters. The second kappa shape index (κ2) is 40.2. The molecule has 0 amide bonds. The minimum Gasteiger partial charge on any atom is -0.464 e. The number of hydrogen-bond donors (Lipinski definition) is 1. The van der Waals surface area contributed by atoms with E-state index in [0.717, 1.165) is 67.8 Å². The lowest BCUT2D eigenvalue weighted by Gasteiger charge is -2.19. The molecule has 1 N–H and O–H groups in total. The first-order valence-electron chi connectivity index (χ1n) is 45.6. The van der Waals surface area contributed by atoms with Gasteiger partial charge in [-0.3, -0.25) is 4.68 Å². The van der Waals surface area contributed by atoms with E-state index in [1.54, 1.807) is 12.5 Å². The third-order valence-corrected chi connectivity index (χ3v) is 22.3. The fourth-order valence-electron chi connectivity index (χ4n) is 14.7. The Morgan fingerprint density at radius 2 is 0.908 bits per heavy atom. The SMILES string of the molecule is CC(C)(C)Cn1ncc2ccccc21.CC(C)(C)c1cc2ccccn2n1.CC(C)(C)c1ccc2cc[nH]c2c1.CC(C)(C)c1ccc2ccoc2c1.CC(C)(C)c1ccc2ocnc2c1.CC(C)(C)c1cccc2oncc12.CC(C)(C)c1ccn2cccc2c1.CC(C)(C)c1cnn2ccccc12.CC(C)(C)c1ncn2ccccc12.CC(C)(C)c1noc2ccccc12. The molecule has 0 aliphatic heterocycles. The summed E-state index contributed by atoms with van der Waals surface area (Å²) >= 11 is 0. The Labute approximate surface area is 776 Å². The molecule has 20 aromatic rings. The van der Waals surface area contributed by atoms with Crippen LogP contribution in [0.4, 0.5) is 0 Å². The van der Waals surface area contributed by atoms with Crippen molar-refractivity contribution in [2.24, 2.45) is 5.41 Å². The van der Waals surface area contributed by atoms with Gasteiger partial charge in [0.2, 0.25) is 0 Å². The van der Waals surface area contributed by atoms with Crippen molar-refractivity contribution < 1.29 is 17.9 Å². The molecule has 14 aromatic heterocycles. The topological polar surface area (TPSA) is 181 Å². The third-order valence-electron chi connectivity index (χ3n) is 22.3. The van der Waals surface area contributed by atoms with Crippen molar-refractivity contribution in [2.75, 3.05) is 0 Å². The Hall–Kier alpha value is -12.9. The molecule has 0 aliphatic rings. The molecule has 686 valence electrons. The summed E-state index contributed by atoms with van der Waals surface area (Å²) in [7, 11) is 0. The van der Waals surface area contributed by atoms with E-state index in [9.17, 15) is 0 Å². The lowest BCUT2D eigenvalue weighted by atomic mass is 9.85. The van der Waals surface area contributed by atoms with Gasteiger partial charge in [-0.25, -0.2) is 19.0 Å². The lowest BCUT2D eigenvalue weighted by molar-refractivity contribution is 0.331. The molecule has 17 heteroatoms. The number of aromatic amines is 1. The maximum Gasteiger partial charge on any atom is 0.181 e. The van der Waals surface area contributed by atoms with E-state index in [1.807, 2.05) is 144 Å². The van der Waals surface area contributed by atoms with Crippen molar-refractivity contribution in [1.82, 2.24) is 63.1 Å². The first kappa shape index (κ1) is 98.7. The highest BCUT2D eigenvalue weighted by Gasteiger charge is 2.25. The van der Waals surface area contributed by atoms with Crippen LogP contribution >= 0.6 is 0 Å². The van der Waals surface area contributed by atoms with Gasteiger partial charge in [0.15, 0.2) is 23.1 Å². The highest BCUT2D eigenvalue weighted by molar-refractivity contribution is 5.83. The van der Waals surface area contributed by atoms with E-state index in [0.29, 0.717) is 0 Å². The molecule has 0 fully saturated rings. The van der Waals surface area contributed by atoms with Gasteiger partial charge in [0.05, 0.1) is 70.3 Å². The summed E-state index contributed by atoms with van der Waals surface area (Å²) in [6.07, 6.45) is 22.9. The van der Waals surface area contributed by atoms with Crippen LogP contribution in [0.2, 0.25) is 0 Å². The number of fused-ring (bicyclic) bond motifs is 10. The van der Waals surface area contributed by atoms with Gasteiger partial charge < -0.3 is 31.7 Å². The zero-order chi connectivity index (χ0) is 95.5. The molecule has 0 atom stereocenters. The minimum atomic E-state index is 0.0482. The number of rotatable bonds is 1. The fraction of sp³-hybridized carbons (Fsp3) is 0.360. The fourth-order valence-corrected chi connectivity index (χ4v) is 14.7. The maximum atomic E-state index is 5.35. The number of aromatic nitrogens is 13. The molecule has 0 spiro atoms. The van der Waals surface area contributed by atoms with Crippen LogP contribution in [0.15, 0.2) is 311 Å². The molecule has 0 bridgehead atoms. The lowest BCUT2D eigenvalue weighted by Crippen LogP contribution is -2.16. The Morgan fingerprint density at radius 3 is 1.57 bits per heavy atom. The van der Waals surface area contributed by atoms with Crippen LogP contribution in [0.5, 0.6) is 0 Å². The summed E-state index contributed by atoms with van der Waals surface area (Å²) in [5.41, 5.74) is 24.8. The van der Waals surface area contributed by atoms with Crippen molar-refractivity contribution in [3.63, 3.8) is 0 Å². The zero-order valence-electron chi connectivity index (χ0n) is 83.4. The van der Waals surface area contributed by atoms with Crippen LogP contribution in [0.1, 0.15) is 258 Å². The van der Waals surface area contributed by atoms with E-state index in [2.05, 4.69) is 402 Å². The number of nitrogens with zero attached hydrogens (tertiary/aromatic N) is 12. The molecule has 14 heterocycles. The van der Waals surface area contributed by atoms with Gasteiger partial charge in [-0.15, -0.1) is 0 Å². The summed E-state index contributed by atoms with van der Waals surface area (Å²) in [6.45, 7) is 66.9. The van der Waals surface area contributed by atoms with E-state index in [-0.39, 0.29) is 54.1 Å². The summed E-state index contributed by atoms with van der Waals surface area (Å²) < 4.78 is 31.0. The molecule has 0 radical (unpaired) electrons. The van der Waals surface area contributed by atoms with Crippen molar-refractivity contribution in [3.8, 4) is 0 Å². The largest absolute Gasteiger partial charge is 0.464 e. The second-order valence-corrected chi connectivity index (χ2v) is 44.3. The number of H-pyrrole nitrogens is 1. The molecule has 17 nitrogen and oxygen atoms in total. The van der Waals surface area contributed by atoms with Crippen molar-refractivity contribution in [1.29, 1.82) is 0 Å². The van der Waals surface area contributed by atoms with Gasteiger partial charge >= 0.3 is 0 Å². The van der Waals surface area contributed by atoms with E-state index in [4.69, 9.17) is 17.9 Å². The normalized spacial score (nSPS) is 12.2. The number of nitrogens with one attached hydrogen (secondary N) is 1. The standard InChI is InChI=1S/C12H16N2.2C12H15N.C12H14O.3C11H14N2.3C11H13NO/c1-12(2,3)9-14-11-7-5-4-6-10(11)8-13-14;1-12(2,3)10-5-4-9-6-7-13-11(9)8-10;1-12(2,3)10-6-8-13-7-4-5-11(13)9-10;1-12(2,3)10-5-4-9-6-7-13-11(9)8-10;1-11(2,3)9-8-12-13-7-5-4-6-10(9)13;1-11(2,3)10-9-6-4-5-7-13(9)8-12-10;1-11(2,3)10-8-9-6-4-5-7-13(9)12-10;1-11(2,3)8-4-5-10-9(6-8)12-7-13-10;1-11(2,3)9-5-4-6-10-8(9)7-12-13-10;1-11(2,3)10-8-6-4-5-7-9(8)13-12-10/h4-8H,9H2,1-3H3;4-8,13H,1-3H3;4-9H,1-3H3;4*4-8H,1-3H3;3*4-7H,1-3H3. The predicted octanol–water partition coefficient (Wildman–Crippen LogP) is 30.8. The molecule has 6 aromatic carbocycles. The van der Waals surface area contributed by atoms with Crippen LogP contribution in [0, 0.1) is 5.41 Å². The first-order chi connectivity index (χ1) is 61.3. The van der Waals surface area contributed by atoms with Gasteiger partial charge in [-0.05, 0) is 199 Å². The monoisotopic (exact) mass is 1760 g/mol. The maximum absolute atomic E-state index is 5.35. The minimum absolute atomic E-state index is 0.0482. The van der Waals surface area contributed by atoms with Crippen LogP contribution in [0.3, 0.4) is 0 Å². The molecule has 131 heavy (non-hydrogen) atoms. The summed E-state index contributed by atoms with van der Waals surface area (Å²) in [5, 5.41) is 27.0. The first-order valence-corrected chi connectivity index (χ1v) is 45.6. The highest BCUT2D eigenvalue weighted by atomic mass is 16.5. The van der Waals surface area contributed by atoms with Crippen molar-refractivity contribution >= 4 is 87.9 Å². The van der Waals surface area contributed by atoms with Gasteiger partial charge in [0, 0.05) is 98.1 Å². The third kappa shape index (κ3) is 26.7. The Bertz CT molecular complexity index is 6410. The van der Waals surface area contributed by atoms with Gasteiger partial charge in [0.25, 0.3) is 0 Å². The van der Waals surface area contributed by atoms with E-state index >= 15 is 0 Å². The van der Waals surface area contributed by atoms with Crippen LogP contribution in [-0.2, 0) is 55.3 Å². The number of imidazole rings is 1. The Balaban J connectivity index is 0.000000141. The Morgan fingerprint density at radius 1 is 0.336 bits per heavy atom. The van der Waals surface area contributed by atoms with Crippen molar-refractivity contribution in [2.45, 2.75) is 263 Å². The van der Waals surface area contributed by atoms with Gasteiger partial charge in [-0.2, -0.15) is 15.3 Å². The average Bonchev–Trinajstić information content (AvgIpc) is 1.63. The summed E-state index contributed by atoms with van der Waals surface area (Å²) in [5.74, 6) is 0. The number of oxazole rings is 1. The number of pyridine rings is 4. The second-order valence-electron chi connectivity index (χ2n) is 44.3. The van der Waals surface area contributed by atoms with Gasteiger partial charge in [0.1, 0.15) is 11.1 Å². The predicted molar refractivity (Wildman–Crippen MR) is 547 cm³/mol.